The van der Waals surface area contributed by atoms with Gasteiger partial charge in [-0.05, 0) is 54.3 Å². The maximum atomic E-state index is 14.9. The number of halogens is 1. The molecule has 5 nitrogen and oxygen atoms in total. The van der Waals surface area contributed by atoms with Crippen molar-refractivity contribution in [1.29, 1.82) is 0 Å². The van der Waals surface area contributed by atoms with Gasteiger partial charge in [0, 0.05) is 29.1 Å². The summed E-state index contributed by atoms with van der Waals surface area (Å²) in [5.74, 6) is -0.966. The van der Waals surface area contributed by atoms with Crippen LogP contribution >= 0.6 is 0 Å². The van der Waals surface area contributed by atoms with Gasteiger partial charge in [0.2, 0.25) is 0 Å². The topological polar surface area (TPSA) is 71.7 Å². The van der Waals surface area contributed by atoms with Crippen LogP contribution < -0.4 is 0 Å². The standard InChI is InChI=1S/C29H30FNO4/c1-2-3-9-20-14-26(30)25(28(33)15-20)18-31-17-22(24-12-7-8-13-27(24)31)16-23(32)19-35-29(34)21-10-5-4-6-11-21/h4-8,10-15,17,23,32-33H,2-3,9,16,18-19H2,1H3/t23-/m0/s1. The number of para-hydroxylation sites is 1. The number of phenols is 1. The molecule has 0 saturated carbocycles. The molecule has 1 heterocycles. The number of aryl methyl sites for hydroxylation is 1. The van der Waals surface area contributed by atoms with Crippen molar-refractivity contribution in [2.45, 2.75) is 45.3 Å². The molecule has 0 fully saturated rings. The third-order valence-electron chi connectivity index (χ3n) is 6.12. The third-order valence-corrected chi connectivity index (χ3v) is 6.12. The Morgan fingerprint density at radius 2 is 1.83 bits per heavy atom. The van der Waals surface area contributed by atoms with Crippen LogP contribution in [0.2, 0.25) is 0 Å². The van der Waals surface area contributed by atoms with E-state index in [2.05, 4.69) is 6.92 Å². The lowest BCUT2D eigenvalue weighted by Gasteiger charge is -2.12. The van der Waals surface area contributed by atoms with Crippen LogP contribution in [0, 0.1) is 5.82 Å². The Morgan fingerprint density at radius 1 is 1.09 bits per heavy atom. The minimum atomic E-state index is -0.898. The van der Waals surface area contributed by atoms with Crippen molar-refractivity contribution >= 4 is 16.9 Å². The summed E-state index contributed by atoms with van der Waals surface area (Å²) in [5, 5.41) is 22.0. The number of aromatic nitrogens is 1. The molecule has 4 aromatic rings. The van der Waals surface area contributed by atoms with E-state index in [0.717, 1.165) is 41.3 Å². The predicted molar refractivity (Wildman–Crippen MR) is 134 cm³/mol. The zero-order valence-electron chi connectivity index (χ0n) is 19.8. The third kappa shape index (κ3) is 5.89. The molecule has 0 aliphatic rings. The van der Waals surface area contributed by atoms with Crippen LogP contribution in [-0.4, -0.2) is 33.5 Å². The highest BCUT2D eigenvalue weighted by atomic mass is 19.1. The Balaban J connectivity index is 1.50. The number of aromatic hydroxyl groups is 1. The predicted octanol–water partition coefficient (Wildman–Crippen LogP) is 5.64. The van der Waals surface area contributed by atoms with Gasteiger partial charge in [0.05, 0.1) is 18.2 Å². The fraction of sp³-hybridized carbons (Fsp3) is 0.276. The van der Waals surface area contributed by atoms with Crippen LogP contribution in [0.25, 0.3) is 10.9 Å². The molecular weight excluding hydrogens is 445 g/mol. The van der Waals surface area contributed by atoms with E-state index in [1.54, 1.807) is 30.3 Å². The fourth-order valence-electron chi connectivity index (χ4n) is 4.29. The van der Waals surface area contributed by atoms with Crippen molar-refractivity contribution in [3.63, 3.8) is 0 Å². The van der Waals surface area contributed by atoms with Gasteiger partial charge in [-0.1, -0.05) is 49.7 Å². The summed E-state index contributed by atoms with van der Waals surface area (Å²) < 4.78 is 22.0. The lowest BCUT2D eigenvalue weighted by Crippen LogP contribution is -2.20. The monoisotopic (exact) mass is 475 g/mol. The van der Waals surface area contributed by atoms with E-state index < -0.39 is 17.9 Å². The first-order valence-corrected chi connectivity index (χ1v) is 11.9. The molecule has 0 radical (unpaired) electrons. The van der Waals surface area contributed by atoms with E-state index in [-0.39, 0.29) is 30.9 Å². The summed E-state index contributed by atoms with van der Waals surface area (Å²) in [4.78, 5) is 12.2. The number of hydrogen-bond donors (Lipinski definition) is 2. The van der Waals surface area contributed by atoms with Gasteiger partial charge in [-0.15, -0.1) is 0 Å². The first kappa shape index (κ1) is 24.5. The van der Waals surface area contributed by atoms with Gasteiger partial charge >= 0.3 is 5.97 Å². The Labute approximate surface area is 204 Å². The Kier molecular flexibility index (Phi) is 7.83. The normalized spacial score (nSPS) is 12.1. The first-order valence-electron chi connectivity index (χ1n) is 11.9. The zero-order valence-corrected chi connectivity index (χ0v) is 19.8. The Hall–Kier alpha value is -3.64. The number of phenolic OH excluding ortho intramolecular Hbond substituents is 1. The first-order chi connectivity index (χ1) is 17.0. The van der Waals surface area contributed by atoms with Gasteiger partial charge in [0.25, 0.3) is 0 Å². The van der Waals surface area contributed by atoms with Gasteiger partial charge < -0.3 is 19.5 Å². The van der Waals surface area contributed by atoms with Crippen LogP contribution in [0.1, 0.15) is 46.8 Å². The molecule has 0 unspecified atom stereocenters. The molecule has 0 aliphatic carbocycles. The lowest BCUT2D eigenvalue weighted by atomic mass is 10.0. The number of carbonyl (C=O) groups is 1. The van der Waals surface area contributed by atoms with Crippen LogP contribution in [0.5, 0.6) is 5.75 Å². The van der Waals surface area contributed by atoms with Crippen molar-refractivity contribution in [1.82, 2.24) is 4.57 Å². The average Bonchev–Trinajstić information content (AvgIpc) is 3.21. The molecule has 2 N–H and O–H groups in total. The quantitative estimate of drug-likeness (QED) is 0.291. The largest absolute Gasteiger partial charge is 0.507 e. The summed E-state index contributed by atoms with van der Waals surface area (Å²) in [7, 11) is 0. The molecule has 3 aromatic carbocycles. The number of benzene rings is 3. The molecule has 0 aliphatic heterocycles. The highest BCUT2D eigenvalue weighted by Gasteiger charge is 2.17. The number of ether oxygens (including phenoxy) is 1. The van der Waals surface area contributed by atoms with Crippen molar-refractivity contribution in [2.24, 2.45) is 0 Å². The number of rotatable bonds is 10. The summed E-state index contributed by atoms with van der Waals surface area (Å²) in [6.07, 6.45) is 3.89. The molecule has 4 rings (SSSR count). The molecule has 0 amide bonds. The Bertz CT molecular complexity index is 1280. The van der Waals surface area contributed by atoms with Gasteiger partial charge in [0.15, 0.2) is 0 Å². The van der Waals surface area contributed by atoms with E-state index in [9.17, 15) is 19.4 Å². The molecule has 1 aromatic heterocycles. The van der Waals surface area contributed by atoms with Crippen LogP contribution in [-0.2, 0) is 24.1 Å². The molecule has 6 heteroatoms. The van der Waals surface area contributed by atoms with Gasteiger partial charge in [-0.3, -0.25) is 0 Å². The molecule has 182 valence electrons. The SMILES string of the molecule is CCCCc1cc(O)c(Cn2cc(C[C@H](O)COC(=O)c3ccccc3)c3ccccc32)c(F)c1. The number of carbonyl (C=O) groups excluding carboxylic acids is 1. The second-order valence-electron chi connectivity index (χ2n) is 8.80. The summed E-state index contributed by atoms with van der Waals surface area (Å²) in [5.41, 5.74) is 3.17. The Morgan fingerprint density at radius 3 is 2.57 bits per heavy atom. The minimum Gasteiger partial charge on any atom is -0.507 e. The van der Waals surface area contributed by atoms with E-state index in [1.165, 1.54) is 6.07 Å². The molecule has 1 atom stereocenters. The van der Waals surface area contributed by atoms with E-state index >= 15 is 0 Å². The van der Waals surface area contributed by atoms with E-state index in [0.29, 0.717) is 5.56 Å². The number of aliphatic hydroxyl groups is 1. The van der Waals surface area contributed by atoms with Gasteiger partial charge in [-0.2, -0.15) is 0 Å². The number of aliphatic hydroxyl groups excluding tert-OH is 1. The van der Waals surface area contributed by atoms with Crippen molar-refractivity contribution in [3.8, 4) is 5.75 Å². The second-order valence-corrected chi connectivity index (χ2v) is 8.80. The van der Waals surface area contributed by atoms with Crippen molar-refractivity contribution in [3.05, 3.63) is 101 Å². The number of hydrogen-bond acceptors (Lipinski definition) is 4. The summed E-state index contributed by atoms with van der Waals surface area (Å²) in [6.45, 7) is 2.09. The average molecular weight is 476 g/mol. The molecule has 35 heavy (non-hydrogen) atoms. The number of nitrogens with zero attached hydrogens (tertiary/aromatic N) is 1. The molecule has 0 spiro atoms. The second kappa shape index (κ2) is 11.2. The zero-order chi connectivity index (χ0) is 24.8. The van der Waals surface area contributed by atoms with Crippen LogP contribution in [0.4, 0.5) is 4.39 Å². The minimum absolute atomic E-state index is 0.0525. The molecule has 0 saturated heterocycles. The van der Waals surface area contributed by atoms with Gasteiger partial charge in [-0.25, -0.2) is 9.18 Å². The highest BCUT2D eigenvalue weighted by Crippen LogP contribution is 2.28. The van der Waals surface area contributed by atoms with E-state index in [1.807, 2.05) is 41.1 Å². The maximum Gasteiger partial charge on any atom is 0.338 e. The highest BCUT2D eigenvalue weighted by molar-refractivity contribution is 5.89. The molecule has 0 bridgehead atoms. The smallest absolute Gasteiger partial charge is 0.338 e. The van der Waals surface area contributed by atoms with Crippen molar-refractivity contribution < 1.29 is 24.1 Å². The number of unbranched alkanes of at least 4 members (excludes halogenated alkanes) is 1. The van der Waals surface area contributed by atoms with Crippen LogP contribution in [0.3, 0.4) is 0 Å². The van der Waals surface area contributed by atoms with Gasteiger partial charge in [0.1, 0.15) is 18.2 Å². The summed E-state index contributed by atoms with van der Waals surface area (Å²) in [6, 6.07) is 19.4. The fourth-order valence-corrected chi connectivity index (χ4v) is 4.29. The lowest BCUT2D eigenvalue weighted by molar-refractivity contribution is 0.0259. The summed E-state index contributed by atoms with van der Waals surface area (Å²) >= 11 is 0. The van der Waals surface area contributed by atoms with Crippen LogP contribution in [0.15, 0.2) is 72.9 Å². The van der Waals surface area contributed by atoms with Crippen molar-refractivity contribution in [2.75, 3.05) is 6.61 Å². The van der Waals surface area contributed by atoms with E-state index in [4.69, 9.17) is 4.74 Å². The molecular formula is C29H30FNO4. The maximum absolute atomic E-state index is 14.9. The number of fused-ring (bicyclic) bond motifs is 1. The number of esters is 1.